The van der Waals surface area contributed by atoms with Gasteiger partial charge in [-0.3, -0.25) is 4.79 Å². The smallest absolute Gasteiger partial charge is 0.240 e. The summed E-state index contributed by atoms with van der Waals surface area (Å²) < 4.78 is 4.94. The molecular formula is C13H18N2O2. The van der Waals surface area contributed by atoms with E-state index in [9.17, 15) is 4.79 Å². The minimum absolute atomic E-state index is 0.0123. The number of nitrogens with two attached hydrogens (primary N) is 1. The van der Waals surface area contributed by atoms with Gasteiger partial charge in [-0.1, -0.05) is 24.3 Å². The molecule has 0 bridgehead atoms. The van der Waals surface area contributed by atoms with Crippen molar-refractivity contribution >= 4 is 5.91 Å². The van der Waals surface area contributed by atoms with Crippen LogP contribution in [0.1, 0.15) is 17.5 Å². The highest BCUT2D eigenvalue weighted by Crippen LogP contribution is 2.22. The van der Waals surface area contributed by atoms with E-state index in [0.717, 1.165) is 0 Å². The SMILES string of the molecule is COCCC(N)C(=O)N1Cc2ccccc2C1. The summed E-state index contributed by atoms with van der Waals surface area (Å²) in [5, 5.41) is 0. The van der Waals surface area contributed by atoms with Crippen LogP contribution in [0.25, 0.3) is 0 Å². The maximum Gasteiger partial charge on any atom is 0.240 e. The zero-order valence-electron chi connectivity index (χ0n) is 10.1. The predicted octanol–water partition coefficient (Wildman–Crippen LogP) is 0.893. The fourth-order valence-electron chi connectivity index (χ4n) is 2.09. The van der Waals surface area contributed by atoms with Crippen LogP contribution in [0, 0.1) is 0 Å². The highest BCUT2D eigenvalue weighted by Gasteiger charge is 2.26. The fraction of sp³-hybridized carbons (Fsp3) is 0.462. The molecule has 0 aliphatic carbocycles. The van der Waals surface area contributed by atoms with Crippen molar-refractivity contribution in [2.45, 2.75) is 25.6 Å². The van der Waals surface area contributed by atoms with Crippen LogP contribution in [0.4, 0.5) is 0 Å². The van der Waals surface area contributed by atoms with E-state index in [1.807, 2.05) is 17.0 Å². The van der Waals surface area contributed by atoms with E-state index in [1.165, 1.54) is 11.1 Å². The average Bonchev–Trinajstić information content (AvgIpc) is 2.78. The molecule has 17 heavy (non-hydrogen) atoms. The van der Waals surface area contributed by atoms with Gasteiger partial charge in [-0.2, -0.15) is 0 Å². The van der Waals surface area contributed by atoms with Gasteiger partial charge in [0.1, 0.15) is 0 Å². The first kappa shape index (κ1) is 12.1. The monoisotopic (exact) mass is 234 g/mol. The molecule has 1 aliphatic heterocycles. The van der Waals surface area contributed by atoms with Gasteiger partial charge in [-0.15, -0.1) is 0 Å². The molecule has 4 heteroatoms. The second-order valence-corrected chi connectivity index (χ2v) is 4.35. The zero-order valence-corrected chi connectivity index (χ0v) is 10.1. The number of nitrogens with zero attached hydrogens (tertiary/aromatic N) is 1. The Labute approximate surface area is 101 Å². The summed E-state index contributed by atoms with van der Waals surface area (Å²) in [6.45, 7) is 1.87. The summed E-state index contributed by atoms with van der Waals surface area (Å²) >= 11 is 0. The number of rotatable bonds is 4. The molecular weight excluding hydrogens is 216 g/mol. The van der Waals surface area contributed by atoms with Gasteiger partial charge in [0.2, 0.25) is 5.91 Å². The summed E-state index contributed by atoms with van der Waals surface area (Å²) in [4.78, 5) is 13.9. The Morgan fingerprint density at radius 2 is 2.00 bits per heavy atom. The number of fused-ring (bicyclic) bond motifs is 1. The molecule has 0 radical (unpaired) electrons. The molecule has 4 nitrogen and oxygen atoms in total. The van der Waals surface area contributed by atoms with Gasteiger partial charge in [-0.05, 0) is 17.5 Å². The van der Waals surface area contributed by atoms with Crippen LogP contribution in [0.2, 0.25) is 0 Å². The standard InChI is InChI=1S/C13H18N2O2/c1-17-7-6-12(14)13(16)15-8-10-4-2-3-5-11(10)9-15/h2-5,12H,6-9,14H2,1H3. The van der Waals surface area contributed by atoms with Crippen molar-refractivity contribution in [3.05, 3.63) is 35.4 Å². The first-order valence-electron chi connectivity index (χ1n) is 5.82. The van der Waals surface area contributed by atoms with E-state index in [-0.39, 0.29) is 5.91 Å². The van der Waals surface area contributed by atoms with Crippen LogP contribution >= 0.6 is 0 Å². The van der Waals surface area contributed by atoms with Crippen LogP contribution in [-0.2, 0) is 22.6 Å². The topological polar surface area (TPSA) is 55.6 Å². The molecule has 1 heterocycles. The minimum Gasteiger partial charge on any atom is -0.385 e. The molecule has 1 atom stereocenters. The second kappa shape index (κ2) is 5.29. The average molecular weight is 234 g/mol. The molecule has 92 valence electrons. The summed E-state index contributed by atoms with van der Waals surface area (Å²) in [6.07, 6.45) is 0.572. The second-order valence-electron chi connectivity index (χ2n) is 4.35. The van der Waals surface area contributed by atoms with Crippen LogP contribution in [0.3, 0.4) is 0 Å². The molecule has 1 unspecified atom stereocenters. The molecule has 1 aliphatic rings. The summed E-state index contributed by atoms with van der Waals surface area (Å²) in [5.74, 6) is 0.0123. The van der Waals surface area contributed by atoms with Crippen LogP contribution < -0.4 is 5.73 Å². The lowest BCUT2D eigenvalue weighted by Crippen LogP contribution is -2.41. The van der Waals surface area contributed by atoms with Crippen molar-refractivity contribution in [1.82, 2.24) is 4.90 Å². The summed E-state index contributed by atoms with van der Waals surface area (Å²) in [7, 11) is 1.61. The van der Waals surface area contributed by atoms with E-state index in [0.29, 0.717) is 26.1 Å². The van der Waals surface area contributed by atoms with Crippen molar-refractivity contribution < 1.29 is 9.53 Å². The highest BCUT2D eigenvalue weighted by atomic mass is 16.5. The number of carbonyl (C=O) groups excluding carboxylic acids is 1. The maximum atomic E-state index is 12.1. The van der Waals surface area contributed by atoms with Crippen LogP contribution in [-0.4, -0.2) is 30.6 Å². The first-order valence-corrected chi connectivity index (χ1v) is 5.82. The number of benzene rings is 1. The number of ether oxygens (including phenoxy) is 1. The third-order valence-corrected chi connectivity index (χ3v) is 3.10. The lowest BCUT2D eigenvalue weighted by molar-refractivity contribution is -0.133. The first-order chi connectivity index (χ1) is 8.22. The summed E-state index contributed by atoms with van der Waals surface area (Å²) in [5.41, 5.74) is 8.29. The highest BCUT2D eigenvalue weighted by molar-refractivity contribution is 5.82. The molecule has 2 rings (SSSR count). The molecule has 0 aromatic heterocycles. The molecule has 1 amide bonds. The third-order valence-electron chi connectivity index (χ3n) is 3.10. The normalized spacial score (nSPS) is 15.8. The molecule has 1 aromatic carbocycles. The molecule has 0 saturated carbocycles. The Morgan fingerprint density at radius 1 is 1.41 bits per heavy atom. The number of methoxy groups -OCH3 is 1. The van der Waals surface area contributed by atoms with E-state index in [2.05, 4.69) is 12.1 Å². The lowest BCUT2D eigenvalue weighted by Gasteiger charge is -2.20. The number of hydrogen-bond donors (Lipinski definition) is 1. The third kappa shape index (κ3) is 2.65. The van der Waals surface area contributed by atoms with Crippen molar-refractivity contribution in [2.24, 2.45) is 5.73 Å². The Bertz CT molecular complexity index is 381. The van der Waals surface area contributed by atoms with E-state index in [1.54, 1.807) is 7.11 Å². The Hall–Kier alpha value is -1.39. The fourth-order valence-corrected chi connectivity index (χ4v) is 2.09. The summed E-state index contributed by atoms with van der Waals surface area (Å²) in [6, 6.07) is 7.66. The number of amides is 1. The van der Waals surface area contributed by atoms with Gasteiger partial charge in [0, 0.05) is 26.8 Å². The van der Waals surface area contributed by atoms with Crippen LogP contribution in [0.15, 0.2) is 24.3 Å². The quantitative estimate of drug-likeness (QED) is 0.842. The molecule has 0 spiro atoms. The van der Waals surface area contributed by atoms with E-state index < -0.39 is 6.04 Å². The van der Waals surface area contributed by atoms with Crippen molar-refractivity contribution in [2.75, 3.05) is 13.7 Å². The van der Waals surface area contributed by atoms with Gasteiger partial charge >= 0.3 is 0 Å². The lowest BCUT2D eigenvalue weighted by atomic mass is 10.1. The predicted molar refractivity (Wildman–Crippen MR) is 65.2 cm³/mol. The number of carbonyl (C=O) groups is 1. The van der Waals surface area contributed by atoms with Crippen LogP contribution in [0.5, 0.6) is 0 Å². The van der Waals surface area contributed by atoms with Crippen molar-refractivity contribution in [3.8, 4) is 0 Å². The minimum atomic E-state index is -0.454. The van der Waals surface area contributed by atoms with E-state index in [4.69, 9.17) is 10.5 Å². The van der Waals surface area contributed by atoms with Gasteiger partial charge in [0.25, 0.3) is 0 Å². The van der Waals surface area contributed by atoms with Gasteiger partial charge in [0.15, 0.2) is 0 Å². The van der Waals surface area contributed by atoms with Crippen molar-refractivity contribution in [3.63, 3.8) is 0 Å². The molecule has 1 aromatic rings. The molecule has 0 saturated heterocycles. The largest absolute Gasteiger partial charge is 0.385 e. The number of hydrogen-bond acceptors (Lipinski definition) is 3. The van der Waals surface area contributed by atoms with Crippen molar-refractivity contribution in [1.29, 1.82) is 0 Å². The Balaban J connectivity index is 1.96. The molecule has 2 N–H and O–H groups in total. The van der Waals surface area contributed by atoms with Gasteiger partial charge < -0.3 is 15.4 Å². The zero-order chi connectivity index (χ0) is 12.3. The Kier molecular flexibility index (Phi) is 3.76. The van der Waals surface area contributed by atoms with E-state index >= 15 is 0 Å². The van der Waals surface area contributed by atoms with Gasteiger partial charge in [0.05, 0.1) is 6.04 Å². The van der Waals surface area contributed by atoms with Gasteiger partial charge in [-0.25, -0.2) is 0 Å². The Morgan fingerprint density at radius 3 is 2.53 bits per heavy atom. The maximum absolute atomic E-state index is 12.1. The molecule has 0 fully saturated rings.